The fourth-order valence-electron chi connectivity index (χ4n) is 7.64. The molecule has 3 fully saturated rings. The van der Waals surface area contributed by atoms with Gasteiger partial charge in [0.05, 0.1) is 30.1 Å². The van der Waals surface area contributed by atoms with Crippen LogP contribution in [-0.4, -0.2) is 93.6 Å². The van der Waals surface area contributed by atoms with E-state index in [1.165, 1.54) is 0 Å². The van der Waals surface area contributed by atoms with Crippen molar-refractivity contribution in [1.29, 1.82) is 0 Å². The van der Waals surface area contributed by atoms with Crippen LogP contribution in [0.5, 0.6) is 0 Å². The largest absolute Gasteiger partial charge is 0.394 e. The first-order chi connectivity index (χ1) is 20.2. The number of aliphatic hydroxyl groups is 1. The SMILES string of the molecule is C=CCN(CCCCC)C(=O)C1N([C@@H](CO)Cc2ccccc2)C(=O)[C@@H]2[C@H](C(=O)N(CC=C)CCC)[C@]3(C)CCC12O3. The molecule has 42 heavy (non-hydrogen) atoms. The quantitative estimate of drug-likeness (QED) is 0.236. The van der Waals surface area contributed by atoms with Crippen LogP contribution in [0.3, 0.4) is 0 Å². The van der Waals surface area contributed by atoms with Gasteiger partial charge in [-0.15, -0.1) is 13.2 Å². The average molecular weight is 580 g/mol. The fraction of sp³-hybridized carbons (Fsp3) is 0.618. The van der Waals surface area contributed by atoms with Gasteiger partial charge in [0.25, 0.3) is 0 Å². The number of carbonyl (C=O) groups excluding carboxylic acids is 3. The summed E-state index contributed by atoms with van der Waals surface area (Å²) in [5.74, 6) is -2.10. The predicted octanol–water partition coefficient (Wildman–Crippen LogP) is 3.98. The molecule has 8 heteroatoms. The molecule has 1 aromatic carbocycles. The summed E-state index contributed by atoms with van der Waals surface area (Å²) in [5.41, 5.74) is -1.03. The molecule has 1 aromatic rings. The minimum atomic E-state index is -1.14. The van der Waals surface area contributed by atoms with E-state index >= 15 is 0 Å². The summed E-state index contributed by atoms with van der Waals surface area (Å²) >= 11 is 0. The summed E-state index contributed by atoms with van der Waals surface area (Å²) in [7, 11) is 0. The molecule has 3 saturated heterocycles. The number of rotatable bonds is 16. The second kappa shape index (κ2) is 13.6. The normalized spacial score (nSPS) is 28.4. The topological polar surface area (TPSA) is 90.4 Å². The lowest BCUT2D eigenvalue weighted by Gasteiger charge is -2.39. The smallest absolute Gasteiger partial charge is 0.248 e. The van der Waals surface area contributed by atoms with Crippen LogP contribution in [0.2, 0.25) is 0 Å². The van der Waals surface area contributed by atoms with E-state index in [1.807, 2.05) is 44.2 Å². The first kappa shape index (κ1) is 32.0. The molecule has 1 spiro atoms. The highest BCUT2D eigenvalue weighted by Gasteiger charge is 2.78. The molecule has 0 radical (unpaired) electrons. The number of likely N-dealkylation sites (tertiary alicyclic amines) is 1. The molecule has 0 aliphatic carbocycles. The lowest BCUT2D eigenvalue weighted by molar-refractivity contribution is -0.156. The maximum atomic E-state index is 14.7. The van der Waals surface area contributed by atoms with Gasteiger partial charge in [-0.1, -0.05) is 69.2 Å². The van der Waals surface area contributed by atoms with E-state index in [9.17, 15) is 19.5 Å². The summed E-state index contributed by atoms with van der Waals surface area (Å²) in [6, 6.07) is 8.12. The monoisotopic (exact) mass is 579 g/mol. The number of aliphatic hydroxyl groups excluding tert-OH is 1. The van der Waals surface area contributed by atoms with Gasteiger partial charge < -0.3 is 24.5 Å². The zero-order valence-electron chi connectivity index (χ0n) is 25.7. The maximum Gasteiger partial charge on any atom is 0.248 e. The molecule has 3 heterocycles. The molecular formula is C34H49N3O5. The Morgan fingerprint density at radius 2 is 1.71 bits per heavy atom. The molecule has 2 unspecified atom stereocenters. The molecule has 2 bridgehead atoms. The van der Waals surface area contributed by atoms with Crippen molar-refractivity contribution >= 4 is 17.7 Å². The molecule has 4 rings (SSSR count). The summed E-state index contributed by atoms with van der Waals surface area (Å²) in [5, 5.41) is 10.7. The van der Waals surface area contributed by atoms with Gasteiger partial charge in [-0.2, -0.15) is 0 Å². The standard InChI is InChI=1S/C34H49N3O5/c1-6-10-14-22-36(21-9-4)32(41)29-34-18-17-33(5,42-34)27(30(39)35(19-7-2)20-8-3)28(34)31(40)37(29)26(24-38)23-25-15-12-11-13-16-25/h7,9,11-13,15-16,26-29,38H,2,4,6,8,10,14,17-24H2,1,3,5H3/t26-,27-,28+,29?,33+,34?/m1/s1. The fourth-order valence-corrected chi connectivity index (χ4v) is 7.64. The number of unbranched alkanes of at least 4 members (excludes halogenated alkanes) is 2. The molecule has 0 saturated carbocycles. The molecule has 3 amide bonds. The van der Waals surface area contributed by atoms with Crippen molar-refractivity contribution in [2.75, 3.05) is 32.8 Å². The van der Waals surface area contributed by atoms with Crippen molar-refractivity contribution < 1.29 is 24.2 Å². The van der Waals surface area contributed by atoms with Crippen LogP contribution in [0, 0.1) is 11.8 Å². The minimum absolute atomic E-state index is 0.123. The molecule has 230 valence electrons. The number of ether oxygens (including phenoxy) is 1. The zero-order valence-corrected chi connectivity index (χ0v) is 25.7. The van der Waals surface area contributed by atoms with E-state index in [4.69, 9.17) is 4.74 Å². The summed E-state index contributed by atoms with van der Waals surface area (Å²) in [4.78, 5) is 48.6. The number of nitrogens with zero attached hydrogens (tertiary/aromatic N) is 3. The Morgan fingerprint density at radius 3 is 2.31 bits per heavy atom. The van der Waals surface area contributed by atoms with Gasteiger partial charge in [0, 0.05) is 26.2 Å². The number of fused-ring (bicyclic) bond motifs is 1. The lowest BCUT2D eigenvalue weighted by atomic mass is 9.66. The second-order valence-electron chi connectivity index (χ2n) is 12.4. The maximum absolute atomic E-state index is 14.7. The van der Waals surface area contributed by atoms with Crippen molar-refractivity contribution in [2.24, 2.45) is 11.8 Å². The third-order valence-corrected chi connectivity index (χ3v) is 9.48. The van der Waals surface area contributed by atoms with Gasteiger partial charge >= 0.3 is 0 Å². The molecule has 3 aliphatic rings. The Labute approximate surface area is 251 Å². The lowest BCUT2D eigenvalue weighted by Crippen LogP contribution is -2.59. The summed E-state index contributed by atoms with van der Waals surface area (Å²) in [6.45, 7) is 15.3. The van der Waals surface area contributed by atoms with Gasteiger partial charge in [0.15, 0.2) is 0 Å². The predicted molar refractivity (Wildman–Crippen MR) is 163 cm³/mol. The van der Waals surface area contributed by atoms with Crippen molar-refractivity contribution in [1.82, 2.24) is 14.7 Å². The van der Waals surface area contributed by atoms with Crippen LogP contribution < -0.4 is 0 Å². The van der Waals surface area contributed by atoms with Crippen LogP contribution >= 0.6 is 0 Å². The molecule has 6 atom stereocenters. The molecule has 8 nitrogen and oxygen atoms in total. The Bertz CT molecular complexity index is 1140. The van der Waals surface area contributed by atoms with Crippen molar-refractivity contribution in [2.45, 2.75) is 89.0 Å². The van der Waals surface area contributed by atoms with Crippen molar-refractivity contribution in [3.8, 4) is 0 Å². The molecule has 3 aliphatic heterocycles. The van der Waals surface area contributed by atoms with Crippen molar-refractivity contribution in [3.63, 3.8) is 0 Å². The Morgan fingerprint density at radius 1 is 1.05 bits per heavy atom. The van der Waals surface area contributed by atoms with E-state index in [0.717, 1.165) is 31.2 Å². The highest BCUT2D eigenvalue weighted by molar-refractivity contribution is 5.99. The number of amides is 3. The Kier molecular flexibility index (Phi) is 10.3. The Balaban J connectivity index is 1.80. The van der Waals surface area contributed by atoms with Crippen LogP contribution in [0.25, 0.3) is 0 Å². The van der Waals surface area contributed by atoms with Gasteiger partial charge in [-0.25, -0.2) is 0 Å². The van der Waals surface area contributed by atoms with E-state index in [0.29, 0.717) is 45.4 Å². The van der Waals surface area contributed by atoms with Gasteiger partial charge in [0.1, 0.15) is 11.6 Å². The van der Waals surface area contributed by atoms with Crippen molar-refractivity contribution in [3.05, 3.63) is 61.2 Å². The van der Waals surface area contributed by atoms with Gasteiger partial charge in [0.2, 0.25) is 17.7 Å². The zero-order chi connectivity index (χ0) is 30.5. The van der Waals surface area contributed by atoms with E-state index in [-0.39, 0.29) is 24.3 Å². The van der Waals surface area contributed by atoms with Crippen LogP contribution in [0.1, 0.15) is 64.9 Å². The summed E-state index contributed by atoms with van der Waals surface area (Å²) < 4.78 is 6.85. The van der Waals surface area contributed by atoms with Gasteiger partial charge in [-0.3, -0.25) is 14.4 Å². The van der Waals surface area contributed by atoms with Crippen LogP contribution in [-0.2, 0) is 25.5 Å². The van der Waals surface area contributed by atoms with E-state index < -0.39 is 35.1 Å². The first-order valence-corrected chi connectivity index (χ1v) is 15.7. The number of hydrogen-bond donors (Lipinski definition) is 1. The molecular weight excluding hydrogens is 530 g/mol. The summed E-state index contributed by atoms with van der Waals surface area (Å²) in [6.07, 6.45) is 8.52. The minimum Gasteiger partial charge on any atom is -0.394 e. The number of hydrogen-bond acceptors (Lipinski definition) is 5. The first-order valence-electron chi connectivity index (χ1n) is 15.7. The van der Waals surface area contributed by atoms with Crippen LogP contribution in [0.4, 0.5) is 0 Å². The van der Waals surface area contributed by atoms with Crippen LogP contribution in [0.15, 0.2) is 55.6 Å². The highest BCUT2D eigenvalue weighted by Crippen LogP contribution is 2.64. The highest BCUT2D eigenvalue weighted by atomic mass is 16.5. The third kappa shape index (κ3) is 5.68. The van der Waals surface area contributed by atoms with Gasteiger partial charge in [-0.05, 0) is 44.6 Å². The number of carbonyl (C=O) groups is 3. The van der Waals surface area contributed by atoms with E-state index in [2.05, 4.69) is 20.1 Å². The third-order valence-electron chi connectivity index (χ3n) is 9.48. The van der Waals surface area contributed by atoms with E-state index in [1.54, 1.807) is 26.9 Å². The number of benzene rings is 1. The average Bonchev–Trinajstić information content (AvgIpc) is 3.56. The second-order valence-corrected chi connectivity index (χ2v) is 12.4. The Hall–Kier alpha value is -2.97. The molecule has 1 N–H and O–H groups in total. The molecule has 0 aromatic heterocycles.